The summed E-state index contributed by atoms with van der Waals surface area (Å²) in [6.07, 6.45) is 0.851. The van der Waals surface area contributed by atoms with Gasteiger partial charge in [-0.05, 0) is 80.1 Å². The van der Waals surface area contributed by atoms with Gasteiger partial charge in [0.05, 0.1) is 19.1 Å². The summed E-state index contributed by atoms with van der Waals surface area (Å²) in [7, 11) is -0.419. The van der Waals surface area contributed by atoms with Gasteiger partial charge >= 0.3 is 0 Å². The maximum absolute atomic E-state index is 13.4. The van der Waals surface area contributed by atoms with Crippen LogP contribution in [0.25, 0.3) is 0 Å². The maximum Gasteiger partial charge on any atom is 0.243 e. The number of ether oxygens (including phenoxy) is 2. The van der Waals surface area contributed by atoms with Gasteiger partial charge in [-0.3, -0.25) is 4.79 Å². The molecular weight excluding hydrogens is 440 g/mol. The number of carbonyl (C=O) groups is 1. The summed E-state index contributed by atoms with van der Waals surface area (Å²) in [5, 5.41) is 0. The van der Waals surface area contributed by atoms with Crippen molar-refractivity contribution in [3.05, 3.63) is 52.1 Å². The minimum Gasteiger partial charge on any atom is -0.497 e. The molecule has 0 spiro atoms. The quantitative estimate of drug-likeness (QED) is 0.615. The average Bonchev–Trinajstić information content (AvgIpc) is 2.81. The van der Waals surface area contributed by atoms with Crippen LogP contribution in [-0.4, -0.2) is 63.9 Å². The Morgan fingerprint density at radius 1 is 0.909 bits per heavy atom. The van der Waals surface area contributed by atoms with E-state index in [1.807, 2.05) is 52.0 Å². The second-order valence-electron chi connectivity index (χ2n) is 8.55. The first-order chi connectivity index (χ1) is 15.6. The molecule has 3 rings (SSSR count). The molecule has 0 N–H and O–H groups in total. The molecule has 0 unspecified atom stereocenters. The van der Waals surface area contributed by atoms with Crippen molar-refractivity contribution in [1.82, 2.24) is 9.21 Å². The fraction of sp³-hybridized carbons (Fsp3) is 0.480. The van der Waals surface area contributed by atoms with Gasteiger partial charge in [-0.25, -0.2) is 8.42 Å². The number of hydrogen-bond acceptors (Lipinski definition) is 5. The second-order valence-corrected chi connectivity index (χ2v) is 10.4. The number of piperazine rings is 1. The molecule has 0 radical (unpaired) electrons. The lowest BCUT2D eigenvalue weighted by Crippen LogP contribution is -2.50. The molecule has 0 aromatic heterocycles. The minimum absolute atomic E-state index is 0.00989. The van der Waals surface area contributed by atoms with Gasteiger partial charge in [-0.1, -0.05) is 6.07 Å². The summed E-state index contributed by atoms with van der Waals surface area (Å²) in [5.74, 6) is 1.45. The number of rotatable bonds is 7. The number of nitrogens with zero attached hydrogens (tertiary/aromatic N) is 2. The normalized spacial score (nSPS) is 14.9. The van der Waals surface area contributed by atoms with E-state index >= 15 is 0 Å². The first-order valence-electron chi connectivity index (χ1n) is 11.2. The standard InChI is InChI=1S/C25H34N2O5S/c1-17-15-18(2)20(4)25(19(17)3)33(29,30)27-13-11-26(12-14-27)24(28)10-7-21-16-22(31-5)8-9-23(21)32-6/h8-9,15-16H,7,10-14H2,1-6H3. The van der Waals surface area contributed by atoms with E-state index in [4.69, 9.17) is 9.47 Å². The van der Waals surface area contributed by atoms with E-state index in [0.717, 1.165) is 33.6 Å². The van der Waals surface area contributed by atoms with Crippen LogP contribution in [0.5, 0.6) is 11.5 Å². The van der Waals surface area contributed by atoms with E-state index in [2.05, 4.69) is 0 Å². The number of amides is 1. The second kappa shape index (κ2) is 10.1. The number of methoxy groups -OCH3 is 2. The van der Waals surface area contributed by atoms with Crippen LogP contribution < -0.4 is 9.47 Å². The van der Waals surface area contributed by atoms with E-state index in [1.54, 1.807) is 19.1 Å². The van der Waals surface area contributed by atoms with Gasteiger partial charge in [0.2, 0.25) is 15.9 Å². The van der Waals surface area contributed by atoms with Gasteiger partial charge in [-0.15, -0.1) is 0 Å². The van der Waals surface area contributed by atoms with Crippen molar-refractivity contribution in [3.8, 4) is 11.5 Å². The highest BCUT2D eigenvalue weighted by Crippen LogP contribution is 2.30. The minimum atomic E-state index is -3.62. The van der Waals surface area contributed by atoms with Crippen LogP contribution >= 0.6 is 0 Å². The third-order valence-corrected chi connectivity index (χ3v) is 8.76. The summed E-state index contributed by atoms with van der Waals surface area (Å²) in [5.41, 5.74) is 4.44. The zero-order chi connectivity index (χ0) is 24.3. The van der Waals surface area contributed by atoms with Gasteiger partial charge < -0.3 is 14.4 Å². The molecule has 0 bridgehead atoms. The molecule has 7 nitrogen and oxygen atoms in total. The molecule has 33 heavy (non-hydrogen) atoms. The lowest BCUT2D eigenvalue weighted by molar-refractivity contribution is -0.132. The van der Waals surface area contributed by atoms with E-state index in [0.29, 0.717) is 49.7 Å². The predicted molar refractivity (Wildman–Crippen MR) is 129 cm³/mol. The Morgan fingerprint density at radius 2 is 1.52 bits per heavy atom. The highest BCUT2D eigenvalue weighted by atomic mass is 32.2. The third kappa shape index (κ3) is 5.17. The van der Waals surface area contributed by atoms with Crippen LogP contribution in [0.1, 0.15) is 34.2 Å². The fourth-order valence-corrected chi connectivity index (χ4v) is 6.35. The zero-order valence-corrected chi connectivity index (χ0v) is 21.2. The topological polar surface area (TPSA) is 76.2 Å². The number of sulfonamides is 1. The largest absolute Gasteiger partial charge is 0.497 e. The van der Waals surface area contributed by atoms with Crippen molar-refractivity contribution in [2.24, 2.45) is 0 Å². The summed E-state index contributed by atoms with van der Waals surface area (Å²) in [4.78, 5) is 15.0. The number of benzene rings is 2. The highest BCUT2D eigenvalue weighted by molar-refractivity contribution is 7.89. The molecule has 0 aliphatic carbocycles. The molecule has 180 valence electrons. The lowest BCUT2D eigenvalue weighted by Gasteiger charge is -2.35. The SMILES string of the molecule is COc1ccc(OC)c(CCC(=O)N2CCN(S(=O)(=O)c3c(C)c(C)cc(C)c3C)CC2)c1. The molecule has 1 amide bonds. The summed E-state index contributed by atoms with van der Waals surface area (Å²) in [6.45, 7) is 8.96. The summed E-state index contributed by atoms with van der Waals surface area (Å²) in [6, 6.07) is 7.56. The molecule has 8 heteroatoms. The summed E-state index contributed by atoms with van der Waals surface area (Å²) < 4.78 is 39.1. The van der Waals surface area contributed by atoms with Gasteiger partial charge in [0, 0.05) is 32.6 Å². The first-order valence-corrected chi connectivity index (χ1v) is 12.6. The Bertz CT molecular complexity index is 1110. The molecule has 2 aromatic carbocycles. The summed E-state index contributed by atoms with van der Waals surface area (Å²) >= 11 is 0. The molecular formula is C25H34N2O5S. The van der Waals surface area contributed by atoms with Crippen LogP contribution in [-0.2, 0) is 21.2 Å². The Kier molecular flexibility index (Phi) is 7.69. The number of hydrogen-bond donors (Lipinski definition) is 0. The van der Waals surface area contributed by atoms with Gasteiger partial charge in [0.25, 0.3) is 0 Å². The van der Waals surface area contributed by atoms with Crippen molar-refractivity contribution in [3.63, 3.8) is 0 Å². The van der Waals surface area contributed by atoms with Crippen LogP contribution in [0.4, 0.5) is 0 Å². The van der Waals surface area contributed by atoms with Gasteiger partial charge in [0.1, 0.15) is 11.5 Å². The van der Waals surface area contributed by atoms with Crippen LogP contribution in [0.15, 0.2) is 29.2 Å². The number of aryl methyl sites for hydroxylation is 3. The van der Waals surface area contributed by atoms with Gasteiger partial charge in [0.15, 0.2) is 0 Å². The molecule has 1 aliphatic heterocycles. The molecule has 2 aromatic rings. The fourth-order valence-electron chi connectivity index (χ4n) is 4.35. The molecule has 0 saturated carbocycles. The van der Waals surface area contributed by atoms with E-state index in [1.165, 1.54) is 4.31 Å². The third-order valence-electron chi connectivity index (χ3n) is 6.58. The van der Waals surface area contributed by atoms with Crippen molar-refractivity contribution in [2.75, 3.05) is 40.4 Å². The molecule has 1 saturated heterocycles. The monoisotopic (exact) mass is 474 g/mol. The van der Waals surface area contributed by atoms with E-state index in [-0.39, 0.29) is 5.91 Å². The van der Waals surface area contributed by atoms with Crippen LogP contribution in [0.3, 0.4) is 0 Å². The lowest BCUT2D eigenvalue weighted by atomic mass is 10.0. The molecule has 0 atom stereocenters. The van der Waals surface area contributed by atoms with Gasteiger partial charge in [-0.2, -0.15) is 4.31 Å². The molecule has 1 fully saturated rings. The smallest absolute Gasteiger partial charge is 0.243 e. The Labute approximate surface area is 197 Å². The van der Waals surface area contributed by atoms with Crippen molar-refractivity contribution in [1.29, 1.82) is 0 Å². The zero-order valence-electron chi connectivity index (χ0n) is 20.4. The maximum atomic E-state index is 13.4. The number of carbonyl (C=O) groups excluding carboxylic acids is 1. The Morgan fingerprint density at radius 3 is 2.06 bits per heavy atom. The van der Waals surface area contributed by atoms with E-state index < -0.39 is 10.0 Å². The molecule has 1 heterocycles. The van der Waals surface area contributed by atoms with Crippen molar-refractivity contribution >= 4 is 15.9 Å². The van der Waals surface area contributed by atoms with E-state index in [9.17, 15) is 13.2 Å². The first kappa shape index (κ1) is 25.1. The van der Waals surface area contributed by atoms with Crippen molar-refractivity contribution < 1.29 is 22.7 Å². The predicted octanol–water partition coefficient (Wildman–Crippen LogP) is 3.40. The van der Waals surface area contributed by atoms with Crippen LogP contribution in [0.2, 0.25) is 0 Å². The highest BCUT2D eigenvalue weighted by Gasteiger charge is 2.32. The average molecular weight is 475 g/mol. The van der Waals surface area contributed by atoms with Crippen LogP contribution in [0, 0.1) is 27.7 Å². The molecule has 1 aliphatic rings. The Hall–Kier alpha value is -2.58. The van der Waals surface area contributed by atoms with Crippen molar-refractivity contribution in [2.45, 2.75) is 45.4 Å². The Balaban J connectivity index is 1.66.